The molecule has 0 bridgehead atoms. The first-order valence-electron chi connectivity index (χ1n) is 4.20. The quantitative estimate of drug-likeness (QED) is 0.290. The van der Waals surface area contributed by atoms with Gasteiger partial charge < -0.3 is 9.47 Å². The molecule has 0 aromatic heterocycles. The summed E-state index contributed by atoms with van der Waals surface area (Å²) in [5, 5.41) is 0. The monoisotopic (exact) mass is 199 g/mol. The van der Waals surface area contributed by atoms with E-state index in [1.54, 1.807) is 6.92 Å². The minimum absolute atomic E-state index is 0.136. The largest absolute Gasteiger partial charge is 0.432 e. The highest BCUT2D eigenvalue weighted by Crippen LogP contribution is 2.05. The molecule has 0 heterocycles. The van der Waals surface area contributed by atoms with Gasteiger partial charge in [-0.05, 0) is 13.8 Å². The van der Waals surface area contributed by atoms with Crippen molar-refractivity contribution in [2.24, 2.45) is 0 Å². The lowest BCUT2D eigenvalue weighted by molar-refractivity contribution is -0.177. The minimum Gasteiger partial charge on any atom is -0.432 e. The average Bonchev–Trinajstić information content (AvgIpc) is 2.02. The summed E-state index contributed by atoms with van der Waals surface area (Å²) < 4.78 is 10.2. The van der Waals surface area contributed by atoms with Gasteiger partial charge in [-0.15, -0.1) is 0 Å². The van der Waals surface area contributed by atoms with Crippen molar-refractivity contribution in [1.29, 1.82) is 0 Å². The molecule has 0 N–H and O–H groups in total. The molecule has 3 radical (unpaired) electrons. The van der Waals surface area contributed by atoms with Crippen LogP contribution in [0.3, 0.4) is 0 Å². The van der Waals surface area contributed by atoms with Crippen LogP contribution in [-0.4, -0.2) is 28.2 Å². The van der Waals surface area contributed by atoms with Crippen LogP contribution in [0.1, 0.15) is 27.2 Å². The van der Waals surface area contributed by atoms with Crippen LogP contribution in [0.15, 0.2) is 12.2 Å². The number of ether oxygens (including phenoxy) is 2. The van der Waals surface area contributed by atoms with Crippen LogP contribution >= 0.6 is 0 Å². The molecule has 2 unspecified atom stereocenters. The van der Waals surface area contributed by atoms with Crippen molar-refractivity contribution >= 4 is 16.2 Å². The topological polar surface area (TPSA) is 35.5 Å². The van der Waals surface area contributed by atoms with Crippen LogP contribution in [0.5, 0.6) is 0 Å². The molecular weight excluding hydrogens is 184 g/mol. The first-order chi connectivity index (χ1) is 5.97. The highest BCUT2D eigenvalue weighted by Gasteiger charge is 2.14. The maximum absolute atomic E-state index is 11.1. The summed E-state index contributed by atoms with van der Waals surface area (Å²) in [7, 11) is 3.26. The van der Waals surface area contributed by atoms with E-state index in [0.717, 1.165) is 0 Å². The van der Waals surface area contributed by atoms with E-state index in [1.807, 2.05) is 13.8 Å². The van der Waals surface area contributed by atoms with Gasteiger partial charge in [-0.1, -0.05) is 13.5 Å². The Balaban J connectivity index is 3.97. The minimum atomic E-state index is -0.503. The van der Waals surface area contributed by atoms with Gasteiger partial charge >= 0.3 is 5.97 Å². The average molecular weight is 199 g/mol. The van der Waals surface area contributed by atoms with E-state index in [9.17, 15) is 4.79 Å². The zero-order valence-corrected chi connectivity index (χ0v) is 9.29. The zero-order chi connectivity index (χ0) is 10.4. The molecule has 4 heteroatoms. The first kappa shape index (κ1) is 12.4. The maximum atomic E-state index is 11.1. The van der Waals surface area contributed by atoms with Crippen LogP contribution < -0.4 is 0 Å². The number of carbonyl (C=O) groups is 1. The fourth-order valence-electron chi connectivity index (χ4n) is 0.655. The van der Waals surface area contributed by atoms with Gasteiger partial charge in [-0.25, -0.2) is 4.79 Å². The molecule has 73 valence electrons. The summed E-state index contributed by atoms with van der Waals surface area (Å²) in [6, 6.07) is 0. The Kier molecular flexibility index (Phi) is 5.66. The predicted molar refractivity (Wildman–Crippen MR) is 51.3 cm³/mol. The molecule has 0 rings (SSSR count). The molecule has 0 aliphatic heterocycles. The highest BCUT2D eigenvalue weighted by molar-refractivity contribution is 6.10. The third kappa shape index (κ3) is 5.60. The van der Waals surface area contributed by atoms with Gasteiger partial charge in [0, 0.05) is 17.7 Å². The molecule has 0 saturated heterocycles. The Hall–Kier alpha value is -0.613. The fourth-order valence-corrected chi connectivity index (χ4v) is 0.807. The van der Waals surface area contributed by atoms with E-state index >= 15 is 0 Å². The third-order valence-corrected chi connectivity index (χ3v) is 1.41. The Morgan fingerprint density at radius 3 is 2.46 bits per heavy atom. The lowest BCUT2D eigenvalue weighted by Crippen LogP contribution is -2.25. The molecule has 2 atom stereocenters. The van der Waals surface area contributed by atoms with Crippen LogP contribution in [-0.2, 0) is 14.3 Å². The van der Waals surface area contributed by atoms with Crippen molar-refractivity contribution in [3.05, 3.63) is 12.2 Å². The van der Waals surface area contributed by atoms with Gasteiger partial charge in [-0.3, -0.25) is 0 Å². The molecular formula is C9H15O3Si. The van der Waals surface area contributed by atoms with Gasteiger partial charge in [0.05, 0.1) is 10.2 Å². The lowest BCUT2D eigenvalue weighted by Gasteiger charge is -2.18. The van der Waals surface area contributed by atoms with E-state index in [1.165, 1.54) is 0 Å². The number of rotatable bonds is 5. The molecule has 0 fully saturated rings. The Labute approximate surface area is 82.5 Å². The van der Waals surface area contributed by atoms with E-state index in [0.29, 0.717) is 12.0 Å². The summed E-state index contributed by atoms with van der Waals surface area (Å²) in [6.45, 7) is 8.78. The second-order valence-corrected chi connectivity index (χ2v) is 3.61. The molecule has 0 saturated carbocycles. The highest BCUT2D eigenvalue weighted by atomic mass is 28.1. The molecule has 0 aliphatic rings. The SMILES string of the molecule is C=C(C)C(=O)OC(CC)OC(C)[Si]. The summed E-state index contributed by atoms with van der Waals surface area (Å²) in [4.78, 5) is 11.1. The van der Waals surface area contributed by atoms with Crippen molar-refractivity contribution in [3.63, 3.8) is 0 Å². The van der Waals surface area contributed by atoms with E-state index < -0.39 is 12.3 Å². The normalized spacial score (nSPS) is 14.8. The number of hydrogen-bond donors (Lipinski definition) is 0. The van der Waals surface area contributed by atoms with Crippen molar-refractivity contribution in [1.82, 2.24) is 0 Å². The van der Waals surface area contributed by atoms with Gasteiger partial charge in [0.15, 0.2) is 0 Å². The molecule has 13 heavy (non-hydrogen) atoms. The van der Waals surface area contributed by atoms with E-state index in [-0.39, 0.29) is 5.73 Å². The van der Waals surface area contributed by atoms with E-state index in [4.69, 9.17) is 9.47 Å². The van der Waals surface area contributed by atoms with Gasteiger partial charge in [0.1, 0.15) is 0 Å². The second kappa shape index (κ2) is 5.94. The van der Waals surface area contributed by atoms with Crippen LogP contribution in [0.25, 0.3) is 0 Å². The second-order valence-electron chi connectivity index (χ2n) is 2.80. The standard InChI is InChI=1S/C9H15O3Si/c1-5-8(11-7(4)13)12-9(10)6(2)3/h7-8H,2,5H2,1,3-4H3. The lowest BCUT2D eigenvalue weighted by atomic mass is 10.3. The molecule has 0 aliphatic carbocycles. The van der Waals surface area contributed by atoms with Crippen LogP contribution in [0, 0.1) is 0 Å². The molecule has 3 nitrogen and oxygen atoms in total. The smallest absolute Gasteiger partial charge is 0.335 e. The summed E-state index contributed by atoms with van der Waals surface area (Å²) in [5.41, 5.74) is 0.242. The van der Waals surface area contributed by atoms with Gasteiger partial charge in [0.2, 0.25) is 6.29 Å². The maximum Gasteiger partial charge on any atom is 0.335 e. The van der Waals surface area contributed by atoms with E-state index in [2.05, 4.69) is 16.8 Å². The number of hydrogen-bond acceptors (Lipinski definition) is 3. The first-order valence-corrected chi connectivity index (χ1v) is 4.78. The molecule has 0 spiro atoms. The van der Waals surface area contributed by atoms with Gasteiger partial charge in [0.25, 0.3) is 0 Å². The van der Waals surface area contributed by atoms with Crippen LogP contribution in [0.2, 0.25) is 0 Å². The summed E-state index contributed by atoms with van der Waals surface area (Å²) in [6.07, 6.45) is 0.116. The predicted octanol–water partition coefficient (Wildman–Crippen LogP) is 1.37. The molecule has 0 amide bonds. The third-order valence-electron chi connectivity index (χ3n) is 1.28. The number of carbonyl (C=O) groups excluding carboxylic acids is 1. The van der Waals surface area contributed by atoms with Crippen molar-refractivity contribution < 1.29 is 14.3 Å². The Bertz CT molecular complexity index is 189. The van der Waals surface area contributed by atoms with Crippen molar-refractivity contribution in [3.8, 4) is 0 Å². The summed E-state index contributed by atoms with van der Waals surface area (Å²) in [5.74, 6) is -0.417. The van der Waals surface area contributed by atoms with Crippen LogP contribution in [0.4, 0.5) is 0 Å². The summed E-state index contributed by atoms with van der Waals surface area (Å²) >= 11 is 0. The number of esters is 1. The molecule has 0 aromatic rings. The van der Waals surface area contributed by atoms with Crippen molar-refractivity contribution in [2.45, 2.75) is 39.2 Å². The Morgan fingerprint density at radius 1 is 1.62 bits per heavy atom. The van der Waals surface area contributed by atoms with Crippen molar-refractivity contribution in [2.75, 3.05) is 0 Å². The zero-order valence-electron chi connectivity index (χ0n) is 8.29. The molecule has 0 aromatic carbocycles. The van der Waals surface area contributed by atoms with Gasteiger partial charge in [-0.2, -0.15) is 0 Å². The fraction of sp³-hybridized carbons (Fsp3) is 0.667. The Morgan fingerprint density at radius 2 is 2.15 bits per heavy atom.